The number of benzene rings is 1. The van der Waals surface area contributed by atoms with Crippen LogP contribution in [0.5, 0.6) is 11.5 Å². The molecule has 1 aromatic carbocycles. The second-order valence-corrected chi connectivity index (χ2v) is 4.34. The Morgan fingerprint density at radius 1 is 1.15 bits per heavy atom. The fourth-order valence-corrected chi connectivity index (χ4v) is 1.99. The lowest BCUT2D eigenvalue weighted by Gasteiger charge is -1.99. The van der Waals surface area contributed by atoms with Crippen LogP contribution < -0.4 is 9.05 Å². The third kappa shape index (κ3) is 1.43. The van der Waals surface area contributed by atoms with Crippen molar-refractivity contribution in [2.45, 2.75) is 13.8 Å². The minimum atomic E-state index is -3.86. The number of hydrogen-bond donors (Lipinski definition) is 1. The molecule has 0 aliphatic carbocycles. The monoisotopic (exact) mass is 200 g/mol. The molecule has 0 unspecified atom stereocenters. The Morgan fingerprint density at radius 3 is 1.92 bits per heavy atom. The van der Waals surface area contributed by atoms with Crippen LogP contribution in [0, 0.1) is 13.8 Å². The van der Waals surface area contributed by atoms with Gasteiger partial charge in [-0.1, -0.05) is 0 Å². The Morgan fingerprint density at radius 2 is 1.54 bits per heavy atom. The SMILES string of the molecule is Cc1cc2c(cc1C)OP(=O)(O)O2. The minimum Gasteiger partial charge on any atom is -0.391 e. The lowest BCUT2D eigenvalue weighted by molar-refractivity contribution is 0.324. The Kier molecular flexibility index (Phi) is 1.65. The summed E-state index contributed by atoms with van der Waals surface area (Å²) in [5.41, 5.74) is 2.01. The molecule has 13 heavy (non-hydrogen) atoms. The largest absolute Gasteiger partial charge is 0.585 e. The van der Waals surface area contributed by atoms with E-state index < -0.39 is 7.82 Å². The average molecular weight is 200 g/mol. The zero-order chi connectivity index (χ0) is 9.64. The summed E-state index contributed by atoms with van der Waals surface area (Å²) < 4.78 is 20.4. The molecule has 1 aliphatic heterocycles. The third-order valence-corrected chi connectivity index (χ3v) is 2.84. The molecular weight excluding hydrogens is 191 g/mol. The molecule has 1 aliphatic rings. The smallest absolute Gasteiger partial charge is 0.391 e. The third-order valence-electron chi connectivity index (χ3n) is 1.99. The van der Waals surface area contributed by atoms with E-state index in [1.807, 2.05) is 13.8 Å². The van der Waals surface area contributed by atoms with Crippen LogP contribution in [-0.2, 0) is 4.57 Å². The Labute approximate surface area is 75.7 Å². The Balaban J connectivity index is 2.54. The highest BCUT2D eigenvalue weighted by atomic mass is 31.2. The number of fused-ring (bicyclic) bond motifs is 1. The number of rotatable bonds is 0. The highest BCUT2D eigenvalue weighted by molar-refractivity contribution is 7.48. The van der Waals surface area contributed by atoms with Crippen molar-refractivity contribution in [3.8, 4) is 11.5 Å². The fraction of sp³-hybridized carbons (Fsp3) is 0.250. The first-order valence-corrected chi connectivity index (χ1v) is 5.31. The highest BCUT2D eigenvalue weighted by Gasteiger charge is 2.34. The molecule has 0 radical (unpaired) electrons. The molecule has 0 saturated carbocycles. The predicted octanol–water partition coefficient (Wildman–Crippen LogP) is 2.18. The van der Waals surface area contributed by atoms with Crippen molar-refractivity contribution >= 4 is 7.82 Å². The van der Waals surface area contributed by atoms with Gasteiger partial charge in [-0.15, -0.1) is 0 Å². The van der Waals surface area contributed by atoms with E-state index in [9.17, 15) is 4.57 Å². The van der Waals surface area contributed by atoms with Crippen molar-refractivity contribution in [1.29, 1.82) is 0 Å². The Hall–Kier alpha value is -0.990. The second kappa shape index (κ2) is 2.50. The maximum absolute atomic E-state index is 11.0. The zero-order valence-corrected chi connectivity index (χ0v) is 8.17. The van der Waals surface area contributed by atoms with E-state index in [2.05, 4.69) is 0 Å². The summed E-state index contributed by atoms with van der Waals surface area (Å²) in [7, 11) is -3.86. The normalized spacial score (nSPS) is 17.5. The summed E-state index contributed by atoms with van der Waals surface area (Å²) in [5.74, 6) is 0.683. The maximum atomic E-state index is 11.0. The second-order valence-electron chi connectivity index (χ2n) is 3.03. The molecule has 0 amide bonds. The van der Waals surface area contributed by atoms with Gasteiger partial charge in [-0.3, -0.25) is 4.89 Å². The molecule has 1 heterocycles. The van der Waals surface area contributed by atoms with Crippen molar-refractivity contribution in [2.24, 2.45) is 0 Å². The minimum absolute atomic E-state index is 0.342. The van der Waals surface area contributed by atoms with Gasteiger partial charge in [0.15, 0.2) is 11.5 Å². The van der Waals surface area contributed by atoms with Gasteiger partial charge in [0.05, 0.1) is 0 Å². The number of hydrogen-bond acceptors (Lipinski definition) is 3. The summed E-state index contributed by atoms with van der Waals surface area (Å²) in [6.45, 7) is 3.80. The van der Waals surface area contributed by atoms with Crippen LogP contribution in [0.3, 0.4) is 0 Å². The highest BCUT2D eigenvalue weighted by Crippen LogP contribution is 2.55. The van der Waals surface area contributed by atoms with Crippen molar-refractivity contribution in [2.75, 3.05) is 0 Å². The Bertz CT molecular complexity index is 378. The molecule has 5 heteroatoms. The van der Waals surface area contributed by atoms with Gasteiger partial charge in [0.1, 0.15) is 0 Å². The fourth-order valence-electron chi connectivity index (χ4n) is 1.17. The standard InChI is InChI=1S/C8H9O4P/c1-5-3-7-8(4-6(5)2)12-13(9,10)11-7/h3-4H,1-2H3,(H,9,10). The molecular formula is C8H9O4P. The van der Waals surface area contributed by atoms with Crippen LogP contribution >= 0.6 is 7.82 Å². The molecule has 1 aromatic rings. The first-order valence-electron chi connectivity index (χ1n) is 3.81. The van der Waals surface area contributed by atoms with Crippen molar-refractivity contribution in [3.05, 3.63) is 23.3 Å². The molecule has 0 fully saturated rings. The molecule has 2 rings (SSSR count). The van der Waals surface area contributed by atoms with Crippen LogP contribution in [0.2, 0.25) is 0 Å². The summed E-state index contributed by atoms with van der Waals surface area (Å²) in [6.07, 6.45) is 0. The van der Waals surface area contributed by atoms with E-state index in [-0.39, 0.29) is 0 Å². The van der Waals surface area contributed by atoms with Gasteiger partial charge >= 0.3 is 7.82 Å². The maximum Gasteiger partial charge on any atom is 0.585 e. The first kappa shape index (κ1) is 8.60. The van der Waals surface area contributed by atoms with Gasteiger partial charge < -0.3 is 9.05 Å². The summed E-state index contributed by atoms with van der Waals surface area (Å²) >= 11 is 0. The van der Waals surface area contributed by atoms with Crippen molar-refractivity contribution in [3.63, 3.8) is 0 Å². The van der Waals surface area contributed by atoms with E-state index in [1.54, 1.807) is 12.1 Å². The topological polar surface area (TPSA) is 55.8 Å². The number of phosphoric acid groups is 1. The van der Waals surface area contributed by atoms with Gasteiger partial charge in [-0.05, 0) is 37.1 Å². The predicted molar refractivity (Wildman–Crippen MR) is 47.0 cm³/mol. The lowest BCUT2D eigenvalue weighted by atomic mass is 10.1. The zero-order valence-electron chi connectivity index (χ0n) is 7.27. The van der Waals surface area contributed by atoms with E-state index in [0.29, 0.717) is 11.5 Å². The van der Waals surface area contributed by atoms with Gasteiger partial charge in [-0.25, -0.2) is 4.57 Å². The van der Waals surface area contributed by atoms with E-state index in [4.69, 9.17) is 13.9 Å². The number of phosphoric ester groups is 1. The summed E-state index contributed by atoms with van der Waals surface area (Å²) in [6, 6.07) is 3.39. The van der Waals surface area contributed by atoms with Crippen LogP contribution in [0.25, 0.3) is 0 Å². The molecule has 0 spiro atoms. The average Bonchev–Trinajstić information content (AvgIpc) is 2.24. The molecule has 0 atom stereocenters. The van der Waals surface area contributed by atoms with Gasteiger partial charge in [0.2, 0.25) is 0 Å². The summed E-state index contributed by atoms with van der Waals surface area (Å²) in [4.78, 5) is 9.01. The molecule has 0 saturated heterocycles. The van der Waals surface area contributed by atoms with Crippen LogP contribution in [0.4, 0.5) is 0 Å². The van der Waals surface area contributed by atoms with Gasteiger partial charge in [0, 0.05) is 0 Å². The molecule has 4 nitrogen and oxygen atoms in total. The lowest BCUT2D eigenvalue weighted by Crippen LogP contribution is -1.87. The molecule has 1 N–H and O–H groups in total. The van der Waals surface area contributed by atoms with E-state index in [1.165, 1.54) is 0 Å². The molecule has 0 aromatic heterocycles. The summed E-state index contributed by atoms with van der Waals surface area (Å²) in [5, 5.41) is 0. The van der Waals surface area contributed by atoms with Crippen LogP contribution in [0.15, 0.2) is 12.1 Å². The molecule has 0 bridgehead atoms. The van der Waals surface area contributed by atoms with Crippen molar-refractivity contribution in [1.82, 2.24) is 0 Å². The van der Waals surface area contributed by atoms with Gasteiger partial charge in [-0.2, -0.15) is 0 Å². The first-order chi connectivity index (χ1) is 5.98. The van der Waals surface area contributed by atoms with E-state index in [0.717, 1.165) is 11.1 Å². The number of aryl methyl sites for hydroxylation is 2. The van der Waals surface area contributed by atoms with E-state index >= 15 is 0 Å². The van der Waals surface area contributed by atoms with Crippen LogP contribution in [-0.4, -0.2) is 4.89 Å². The van der Waals surface area contributed by atoms with Crippen molar-refractivity contribution < 1.29 is 18.5 Å². The quantitative estimate of drug-likeness (QED) is 0.652. The van der Waals surface area contributed by atoms with Gasteiger partial charge in [0.25, 0.3) is 0 Å². The molecule has 70 valence electrons. The van der Waals surface area contributed by atoms with Crippen LogP contribution in [0.1, 0.15) is 11.1 Å².